The van der Waals surface area contributed by atoms with Crippen molar-refractivity contribution in [2.45, 2.75) is 32.7 Å². The van der Waals surface area contributed by atoms with Crippen LogP contribution < -0.4 is 11.3 Å². The molecule has 0 saturated heterocycles. The molecule has 5 nitrogen and oxygen atoms in total. The van der Waals surface area contributed by atoms with E-state index in [1.54, 1.807) is 0 Å². The zero-order valence-corrected chi connectivity index (χ0v) is 12.2. The van der Waals surface area contributed by atoms with Crippen LogP contribution >= 0.6 is 15.9 Å². The molecule has 3 N–H and O–H groups in total. The lowest BCUT2D eigenvalue weighted by Gasteiger charge is -2.15. The van der Waals surface area contributed by atoms with Crippen LogP contribution in [0.4, 0.5) is 0 Å². The molecule has 0 aliphatic rings. The van der Waals surface area contributed by atoms with Crippen LogP contribution in [0.25, 0.3) is 0 Å². The van der Waals surface area contributed by atoms with Crippen LogP contribution in [0.5, 0.6) is 0 Å². The maximum Gasteiger partial charge on any atom is 0.0766 e. The molecule has 0 aromatic carbocycles. The minimum Gasteiger partial charge on any atom is -0.380 e. The first-order valence-electron chi connectivity index (χ1n) is 5.88. The van der Waals surface area contributed by atoms with Crippen LogP contribution in [0.15, 0.2) is 4.47 Å². The number of nitrogens with one attached hydrogen (secondary N) is 1. The van der Waals surface area contributed by atoms with Gasteiger partial charge in [-0.15, -0.1) is 0 Å². The van der Waals surface area contributed by atoms with Crippen molar-refractivity contribution in [3.8, 4) is 0 Å². The zero-order chi connectivity index (χ0) is 12.8. The summed E-state index contributed by atoms with van der Waals surface area (Å²) in [5.74, 6) is 5.53. The summed E-state index contributed by atoms with van der Waals surface area (Å²) in [7, 11) is 1.95. The summed E-state index contributed by atoms with van der Waals surface area (Å²) >= 11 is 3.60. The van der Waals surface area contributed by atoms with Gasteiger partial charge in [0.25, 0.3) is 0 Å². The Morgan fingerprint density at radius 1 is 1.53 bits per heavy atom. The third-order valence-electron chi connectivity index (χ3n) is 2.70. The third kappa shape index (κ3) is 3.77. The molecular weight excluding hydrogens is 284 g/mol. The van der Waals surface area contributed by atoms with Gasteiger partial charge in [0.1, 0.15) is 0 Å². The van der Waals surface area contributed by atoms with E-state index in [2.05, 4.69) is 33.4 Å². The van der Waals surface area contributed by atoms with Crippen molar-refractivity contribution in [2.24, 2.45) is 12.9 Å². The molecule has 98 valence electrons. The van der Waals surface area contributed by atoms with Gasteiger partial charge in [0.2, 0.25) is 0 Å². The second-order valence-corrected chi connectivity index (χ2v) is 4.70. The highest BCUT2D eigenvalue weighted by atomic mass is 79.9. The van der Waals surface area contributed by atoms with Gasteiger partial charge < -0.3 is 4.74 Å². The maximum absolute atomic E-state index is 5.53. The molecule has 1 unspecified atom stereocenters. The summed E-state index contributed by atoms with van der Waals surface area (Å²) in [5, 5.41) is 4.46. The number of hydrogen-bond donors (Lipinski definition) is 2. The van der Waals surface area contributed by atoms with E-state index < -0.39 is 0 Å². The predicted molar refractivity (Wildman–Crippen MR) is 71.6 cm³/mol. The van der Waals surface area contributed by atoms with Gasteiger partial charge in [-0.1, -0.05) is 6.92 Å². The molecule has 0 bridgehead atoms. The fraction of sp³-hybridized carbons (Fsp3) is 0.727. The van der Waals surface area contributed by atoms with Gasteiger partial charge >= 0.3 is 0 Å². The highest BCUT2D eigenvalue weighted by Gasteiger charge is 2.16. The summed E-state index contributed by atoms with van der Waals surface area (Å²) in [6.45, 7) is 5.37. The van der Waals surface area contributed by atoms with Gasteiger partial charge in [0, 0.05) is 26.1 Å². The molecule has 1 aromatic heterocycles. The normalized spacial score (nSPS) is 13.0. The number of aromatic nitrogens is 2. The van der Waals surface area contributed by atoms with E-state index in [-0.39, 0.29) is 6.04 Å². The second kappa shape index (κ2) is 7.10. The van der Waals surface area contributed by atoms with Gasteiger partial charge in [-0.05, 0) is 29.3 Å². The Labute approximate surface area is 111 Å². The van der Waals surface area contributed by atoms with Gasteiger partial charge in [0.05, 0.1) is 22.5 Å². The van der Waals surface area contributed by atoms with Crippen molar-refractivity contribution >= 4 is 15.9 Å². The van der Waals surface area contributed by atoms with E-state index in [1.165, 1.54) is 0 Å². The lowest BCUT2D eigenvalue weighted by Crippen LogP contribution is -2.40. The topological polar surface area (TPSA) is 65.1 Å². The van der Waals surface area contributed by atoms with Crippen LogP contribution in [-0.4, -0.2) is 29.0 Å². The summed E-state index contributed by atoms with van der Waals surface area (Å²) in [6.07, 6.45) is 1.71. The quantitative estimate of drug-likeness (QED) is 0.586. The molecule has 6 heteroatoms. The molecule has 0 aliphatic heterocycles. The van der Waals surface area contributed by atoms with E-state index in [0.29, 0.717) is 13.2 Å². The van der Waals surface area contributed by atoms with E-state index in [0.717, 1.165) is 28.7 Å². The molecule has 0 saturated carbocycles. The van der Waals surface area contributed by atoms with Crippen molar-refractivity contribution in [3.63, 3.8) is 0 Å². The molecule has 1 heterocycles. The van der Waals surface area contributed by atoms with Crippen molar-refractivity contribution in [2.75, 3.05) is 13.2 Å². The number of hydrazine groups is 1. The largest absolute Gasteiger partial charge is 0.380 e. The second-order valence-electron chi connectivity index (χ2n) is 3.91. The summed E-state index contributed by atoms with van der Waals surface area (Å²) in [6, 6.07) is 0.103. The first-order valence-corrected chi connectivity index (χ1v) is 6.67. The molecule has 0 amide bonds. The standard InChI is InChI=1S/C11H21BrN4O/c1-4-9-11(12)10(16(3)15-9)6-8(14-13)7-17-5-2/h8,14H,4-7,13H2,1-3H3. The number of rotatable bonds is 7. The Hall–Kier alpha value is -0.430. The van der Waals surface area contributed by atoms with Gasteiger partial charge in [-0.3, -0.25) is 16.0 Å². The lowest BCUT2D eigenvalue weighted by atomic mass is 10.1. The molecule has 0 aliphatic carbocycles. The zero-order valence-electron chi connectivity index (χ0n) is 10.7. The number of ether oxygens (including phenoxy) is 1. The smallest absolute Gasteiger partial charge is 0.0766 e. The van der Waals surface area contributed by atoms with Crippen LogP contribution in [0, 0.1) is 0 Å². The van der Waals surface area contributed by atoms with Crippen molar-refractivity contribution < 1.29 is 4.74 Å². The van der Waals surface area contributed by atoms with Gasteiger partial charge in [-0.25, -0.2) is 0 Å². The summed E-state index contributed by atoms with van der Waals surface area (Å²) in [5.41, 5.74) is 5.00. The van der Waals surface area contributed by atoms with Crippen LogP contribution in [0.2, 0.25) is 0 Å². The minimum atomic E-state index is 0.103. The predicted octanol–water partition coefficient (Wildman–Crippen LogP) is 1.16. The van der Waals surface area contributed by atoms with Crippen molar-refractivity contribution in [1.82, 2.24) is 15.2 Å². The number of nitrogens with zero attached hydrogens (tertiary/aromatic N) is 2. The van der Waals surface area contributed by atoms with Crippen LogP contribution in [0.3, 0.4) is 0 Å². The molecule has 17 heavy (non-hydrogen) atoms. The number of halogens is 1. The highest BCUT2D eigenvalue weighted by molar-refractivity contribution is 9.10. The lowest BCUT2D eigenvalue weighted by molar-refractivity contribution is 0.122. The Bertz CT molecular complexity index is 353. The molecular formula is C11H21BrN4O. The van der Waals surface area contributed by atoms with E-state index in [1.807, 2.05) is 18.7 Å². The maximum atomic E-state index is 5.53. The number of nitrogens with two attached hydrogens (primary N) is 1. The fourth-order valence-corrected chi connectivity index (χ4v) is 2.48. The Balaban J connectivity index is 2.75. The monoisotopic (exact) mass is 304 g/mol. The van der Waals surface area contributed by atoms with Crippen molar-refractivity contribution in [1.29, 1.82) is 0 Å². The van der Waals surface area contributed by atoms with Gasteiger partial charge in [-0.2, -0.15) is 5.10 Å². The molecule has 0 fully saturated rings. The summed E-state index contributed by atoms with van der Waals surface area (Å²) < 4.78 is 8.37. The minimum absolute atomic E-state index is 0.103. The summed E-state index contributed by atoms with van der Waals surface area (Å²) in [4.78, 5) is 0. The average molecular weight is 305 g/mol. The fourth-order valence-electron chi connectivity index (χ4n) is 1.70. The van der Waals surface area contributed by atoms with Crippen LogP contribution in [0.1, 0.15) is 25.2 Å². The van der Waals surface area contributed by atoms with E-state index >= 15 is 0 Å². The highest BCUT2D eigenvalue weighted by Crippen LogP contribution is 2.22. The van der Waals surface area contributed by atoms with E-state index in [9.17, 15) is 0 Å². The Morgan fingerprint density at radius 3 is 2.71 bits per heavy atom. The molecule has 0 radical (unpaired) electrons. The number of aryl methyl sites for hydroxylation is 2. The molecule has 1 atom stereocenters. The SMILES string of the molecule is CCOCC(Cc1c(Br)c(CC)nn1C)NN. The molecule has 1 aromatic rings. The molecule has 1 rings (SSSR count). The first kappa shape index (κ1) is 14.6. The van der Waals surface area contributed by atoms with Crippen LogP contribution in [-0.2, 0) is 24.6 Å². The Kier molecular flexibility index (Phi) is 6.11. The number of hydrogen-bond acceptors (Lipinski definition) is 4. The first-order chi connectivity index (χ1) is 8.13. The van der Waals surface area contributed by atoms with E-state index in [4.69, 9.17) is 10.6 Å². The Morgan fingerprint density at radius 2 is 2.24 bits per heavy atom. The average Bonchev–Trinajstić information content (AvgIpc) is 2.60. The third-order valence-corrected chi connectivity index (χ3v) is 3.62. The molecule has 0 spiro atoms. The van der Waals surface area contributed by atoms with Crippen molar-refractivity contribution in [3.05, 3.63) is 15.9 Å². The van der Waals surface area contributed by atoms with Gasteiger partial charge in [0.15, 0.2) is 0 Å².